The molecular weight excluding hydrogens is 397 g/mol. The molecule has 1 amide bonds. The predicted molar refractivity (Wildman–Crippen MR) is 106 cm³/mol. The number of hydrazone groups is 1. The topological polar surface area (TPSA) is 78.8 Å². The van der Waals surface area contributed by atoms with Gasteiger partial charge in [-0.25, -0.2) is 13.8 Å². The van der Waals surface area contributed by atoms with E-state index >= 15 is 0 Å². The van der Waals surface area contributed by atoms with Crippen LogP contribution in [-0.4, -0.2) is 33.3 Å². The first kappa shape index (κ1) is 20.2. The van der Waals surface area contributed by atoms with Gasteiger partial charge in [0.25, 0.3) is 5.91 Å². The van der Waals surface area contributed by atoms with E-state index in [1.54, 1.807) is 6.07 Å². The summed E-state index contributed by atoms with van der Waals surface area (Å²) >= 11 is 12.0. The number of sulfonamides is 1. The molecule has 0 atom stereocenters. The van der Waals surface area contributed by atoms with Gasteiger partial charge in [-0.2, -0.15) is 5.10 Å². The van der Waals surface area contributed by atoms with Crippen LogP contribution >= 0.6 is 23.2 Å². The molecule has 0 radical (unpaired) electrons. The molecule has 0 aliphatic rings. The van der Waals surface area contributed by atoms with Gasteiger partial charge in [0, 0.05) is 0 Å². The van der Waals surface area contributed by atoms with Gasteiger partial charge in [0.1, 0.15) is 6.54 Å². The number of nitrogens with zero attached hydrogens (tertiary/aromatic N) is 2. The summed E-state index contributed by atoms with van der Waals surface area (Å²) in [6, 6.07) is 12.1. The summed E-state index contributed by atoms with van der Waals surface area (Å²) in [7, 11) is -3.76. The van der Waals surface area contributed by atoms with E-state index < -0.39 is 22.5 Å². The van der Waals surface area contributed by atoms with E-state index in [9.17, 15) is 13.2 Å². The van der Waals surface area contributed by atoms with Crippen molar-refractivity contribution in [2.24, 2.45) is 5.10 Å². The molecule has 6 nitrogen and oxygen atoms in total. The molecule has 0 bridgehead atoms. The fourth-order valence-corrected chi connectivity index (χ4v) is 3.37. The van der Waals surface area contributed by atoms with Crippen molar-refractivity contribution in [3.63, 3.8) is 0 Å². The maximum Gasteiger partial charge on any atom is 0.260 e. The van der Waals surface area contributed by atoms with E-state index in [2.05, 4.69) is 10.5 Å². The molecule has 0 unspecified atom stereocenters. The Hall–Kier alpha value is -2.09. The van der Waals surface area contributed by atoms with E-state index in [4.69, 9.17) is 23.2 Å². The molecule has 2 aromatic carbocycles. The van der Waals surface area contributed by atoms with Crippen molar-refractivity contribution in [2.75, 3.05) is 17.1 Å². The number of hydrogen-bond acceptors (Lipinski definition) is 4. The van der Waals surface area contributed by atoms with Crippen molar-refractivity contribution in [2.45, 2.75) is 6.92 Å². The van der Waals surface area contributed by atoms with E-state index in [-0.39, 0.29) is 15.7 Å². The number of hydrogen-bond donors (Lipinski definition) is 1. The molecule has 1 N–H and O–H groups in total. The van der Waals surface area contributed by atoms with E-state index in [0.717, 1.165) is 21.7 Å². The van der Waals surface area contributed by atoms with Gasteiger partial charge < -0.3 is 0 Å². The third-order valence-electron chi connectivity index (χ3n) is 3.37. The van der Waals surface area contributed by atoms with Crippen molar-refractivity contribution in [1.29, 1.82) is 0 Å². The Morgan fingerprint density at radius 2 is 1.85 bits per heavy atom. The van der Waals surface area contributed by atoms with Crippen molar-refractivity contribution in [3.05, 3.63) is 63.6 Å². The maximum absolute atomic E-state index is 12.1. The second-order valence-corrected chi connectivity index (χ2v) is 8.24. The maximum atomic E-state index is 12.1. The Morgan fingerprint density at radius 3 is 2.46 bits per heavy atom. The number of anilines is 1. The second-order valence-electron chi connectivity index (χ2n) is 5.55. The molecule has 9 heteroatoms. The monoisotopic (exact) mass is 413 g/mol. The van der Waals surface area contributed by atoms with Crippen LogP contribution in [0.2, 0.25) is 10.0 Å². The summed E-state index contributed by atoms with van der Waals surface area (Å²) in [6.07, 6.45) is 2.45. The number of amides is 1. The van der Waals surface area contributed by atoms with Gasteiger partial charge in [0.15, 0.2) is 0 Å². The Bertz CT molecular complexity index is 929. The molecule has 0 aromatic heterocycles. The summed E-state index contributed by atoms with van der Waals surface area (Å²) in [5.74, 6) is -0.616. The second kappa shape index (κ2) is 8.53. The SMILES string of the molecule is Cc1ccc(/C=N\NC(=O)CN(c2cccc(Cl)c2Cl)S(C)(=O)=O)cc1. The zero-order valence-electron chi connectivity index (χ0n) is 14.1. The number of carbonyl (C=O) groups is 1. The highest BCUT2D eigenvalue weighted by Crippen LogP contribution is 2.33. The number of aryl methyl sites for hydroxylation is 1. The molecular formula is C17H17Cl2N3O3S. The Morgan fingerprint density at radius 1 is 1.19 bits per heavy atom. The number of nitrogens with one attached hydrogen (secondary N) is 1. The molecule has 26 heavy (non-hydrogen) atoms. The highest BCUT2D eigenvalue weighted by molar-refractivity contribution is 7.92. The summed E-state index contributed by atoms with van der Waals surface area (Å²) in [6.45, 7) is 1.48. The normalized spacial score (nSPS) is 11.5. The van der Waals surface area contributed by atoms with Crippen LogP contribution < -0.4 is 9.73 Å². The fourth-order valence-electron chi connectivity index (χ4n) is 2.06. The summed E-state index contributed by atoms with van der Waals surface area (Å²) < 4.78 is 25.0. The Labute approximate surface area is 162 Å². The van der Waals surface area contributed by atoms with Gasteiger partial charge in [0.05, 0.1) is 28.2 Å². The Balaban J connectivity index is 2.12. The molecule has 0 spiro atoms. The summed E-state index contributed by atoms with van der Waals surface area (Å²) in [5, 5.41) is 4.08. The lowest BCUT2D eigenvalue weighted by Gasteiger charge is -2.22. The standard InChI is InChI=1S/C17H17Cl2N3O3S/c1-12-6-8-13(9-7-12)10-20-21-16(23)11-22(26(2,24)25)15-5-3-4-14(18)17(15)19/h3-10H,11H2,1-2H3,(H,21,23)/b20-10-. The van der Waals surface area contributed by atoms with Gasteiger partial charge in [-0.1, -0.05) is 59.1 Å². The fraction of sp³-hybridized carbons (Fsp3) is 0.176. The minimum absolute atomic E-state index is 0.0514. The minimum Gasteiger partial charge on any atom is -0.271 e. The average molecular weight is 414 g/mol. The van der Waals surface area contributed by atoms with Gasteiger partial charge in [-0.3, -0.25) is 9.10 Å². The first-order chi connectivity index (χ1) is 12.2. The van der Waals surface area contributed by atoms with E-state index in [1.165, 1.54) is 18.3 Å². The van der Waals surface area contributed by atoms with Gasteiger partial charge >= 0.3 is 0 Å². The van der Waals surface area contributed by atoms with Crippen LogP contribution in [0.1, 0.15) is 11.1 Å². The zero-order valence-corrected chi connectivity index (χ0v) is 16.4. The number of benzene rings is 2. The van der Waals surface area contributed by atoms with Gasteiger partial charge in [-0.05, 0) is 24.6 Å². The molecule has 2 aromatic rings. The van der Waals surface area contributed by atoms with Crippen LogP contribution in [0.15, 0.2) is 47.6 Å². The summed E-state index contributed by atoms with van der Waals surface area (Å²) in [4.78, 5) is 12.1. The molecule has 138 valence electrons. The lowest BCUT2D eigenvalue weighted by atomic mass is 10.2. The number of rotatable bonds is 6. The van der Waals surface area contributed by atoms with E-state index in [1.807, 2.05) is 31.2 Å². The molecule has 0 aliphatic carbocycles. The number of carbonyl (C=O) groups excluding carboxylic acids is 1. The highest BCUT2D eigenvalue weighted by Gasteiger charge is 2.23. The van der Waals surface area contributed by atoms with Crippen molar-refractivity contribution >= 4 is 51.0 Å². The van der Waals surface area contributed by atoms with Crippen LogP contribution in [0.4, 0.5) is 5.69 Å². The zero-order chi connectivity index (χ0) is 19.3. The first-order valence-corrected chi connectivity index (χ1v) is 10.1. The van der Waals surface area contributed by atoms with Crippen LogP contribution in [0.25, 0.3) is 0 Å². The van der Waals surface area contributed by atoms with Crippen LogP contribution in [-0.2, 0) is 14.8 Å². The van der Waals surface area contributed by atoms with E-state index in [0.29, 0.717) is 0 Å². The minimum atomic E-state index is -3.76. The average Bonchev–Trinajstić information content (AvgIpc) is 2.56. The van der Waals surface area contributed by atoms with Crippen molar-refractivity contribution in [3.8, 4) is 0 Å². The lowest BCUT2D eigenvalue weighted by molar-refractivity contribution is -0.119. The van der Waals surface area contributed by atoms with Gasteiger partial charge in [-0.15, -0.1) is 0 Å². The molecule has 0 fully saturated rings. The molecule has 0 saturated carbocycles. The van der Waals surface area contributed by atoms with Crippen LogP contribution in [0.5, 0.6) is 0 Å². The summed E-state index contributed by atoms with van der Waals surface area (Å²) in [5.41, 5.74) is 4.33. The number of halogens is 2. The van der Waals surface area contributed by atoms with Crippen molar-refractivity contribution < 1.29 is 13.2 Å². The van der Waals surface area contributed by atoms with Crippen LogP contribution in [0.3, 0.4) is 0 Å². The molecule has 0 heterocycles. The molecule has 0 saturated heterocycles. The predicted octanol–water partition coefficient (Wildman–Crippen LogP) is 3.22. The van der Waals surface area contributed by atoms with Crippen molar-refractivity contribution in [1.82, 2.24) is 5.43 Å². The largest absolute Gasteiger partial charge is 0.271 e. The smallest absolute Gasteiger partial charge is 0.260 e. The van der Waals surface area contributed by atoms with Gasteiger partial charge in [0.2, 0.25) is 10.0 Å². The lowest BCUT2D eigenvalue weighted by Crippen LogP contribution is -2.39. The quantitative estimate of drug-likeness (QED) is 0.583. The third kappa shape index (κ3) is 5.45. The molecule has 0 aliphatic heterocycles. The molecule has 2 rings (SSSR count). The first-order valence-electron chi connectivity index (χ1n) is 7.49. The third-order valence-corrected chi connectivity index (χ3v) is 5.30. The highest BCUT2D eigenvalue weighted by atomic mass is 35.5. The Kier molecular flexibility index (Phi) is 6.63. The van der Waals surface area contributed by atoms with Crippen LogP contribution in [0, 0.1) is 6.92 Å².